The van der Waals surface area contributed by atoms with Crippen molar-refractivity contribution < 1.29 is 24.0 Å². The van der Waals surface area contributed by atoms with E-state index >= 15 is 0 Å². The maximum absolute atomic E-state index is 11.8. The van der Waals surface area contributed by atoms with Crippen molar-refractivity contribution in [2.75, 3.05) is 0 Å². The molecule has 8 heteroatoms. The molecule has 108 valence electrons. The molecule has 2 rings (SSSR count). The summed E-state index contributed by atoms with van der Waals surface area (Å²) in [5, 5.41) is 22.0. The molecule has 0 aliphatic heterocycles. The number of aromatic carboxylic acids is 1. The van der Waals surface area contributed by atoms with Crippen LogP contribution in [0.4, 0.5) is 5.69 Å². The van der Waals surface area contributed by atoms with Gasteiger partial charge in [0.05, 0.1) is 10.5 Å². The number of nitrogens with zero attached hydrogens (tertiary/aromatic N) is 1. The number of rotatable bonds is 5. The second-order valence-electron chi connectivity index (χ2n) is 4.07. The largest absolute Gasteiger partial charge is 0.478 e. The molecule has 1 amide bonds. The molecule has 0 radical (unpaired) electrons. The molecule has 0 bridgehead atoms. The van der Waals surface area contributed by atoms with Gasteiger partial charge < -0.3 is 14.8 Å². The van der Waals surface area contributed by atoms with Crippen LogP contribution in [0.1, 0.15) is 26.5 Å². The van der Waals surface area contributed by atoms with Crippen LogP contribution in [-0.4, -0.2) is 21.9 Å². The summed E-state index contributed by atoms with van der Waals surface area (Å²) in [5.41, 5.74) is 0.0789. The van der Waals surface area contributed by atoms with E-state index in [2.05, 4.69) is 5.32 Å². The molecule has 1 aromatic heterocycles. The number of furan rings is 1. The number of carboxylic acids is 1. The van der Waals surface area contributed by atoms with Crippen molar-refractivity contribution in [3.8, 4) is 0 Å². The summed E-state index contributed by atoms with van der Waals surface area (Å²) in [6.07, 6.45) is 0.947. The van der Waals surface area contributed by atoms with Crippen molar-refractivity contribution in [3.05, 3.63) is 63.6 Å². The van der Waals surface area contributed by atoms with E-state index in [0.717, 1.165) is 12.3 Å². The average molecular weight is 290 g/mol. The Morgan fingerprint density at radius 2 is 2.05 bits per heavy atom. The molecular formula is C13H10N2O6. The Hall–Kier alpha value is -3.16. The maximum Gasteiger partial charge on any atom is 0.338 e. The quantitative estimate of drug-likeness (QED) is 0.639. The van der Waals surface area contributed by atoms with Gasteiger partial charge in [0.25, 0.3) is 11.6 Å². The van der Waals surface area contributed by atoms with Gasteiger partial charge in [0.15, 0.2) is 5.76 Å². The number of carboxylic acid groups (broad SMARTS) is 1. The zero-order valence-corrected chi connectivity index (χ0v) is 10.6. The molecular weight excluding hydrogens is 280 g/mol. The minimum Gasteiger partial charge on any atom is -0.478 e. The number of nitrogens with one attached hydrogen (secondary N) is 1. The van der Waals surface area contributed by atoms with E-state index in [1.54, 1.807) is 6.07 Å². The molecule has 0 saturated carbocycles. The van der Waals surface area contributed by atoms with Crippen LogP contribution in [0.25, 0.3) is 0 Å². The summed E-state index contributed by atoms with van der Waals surface area (Å²) >= 11 is 0. The Labute approximate surface area is 118 Å². The van der Waals surface area contributed by atoms with E-state index in [1.807, 2.05) is 0 Å². The van der Waals surface area contributed by atoms with Gasteiger partial charge in [-0.15, -0.1) is 0 Å². The molecule has 2 N–H and O–H groups in total. The number of amides is 1. The summed E-state index contributed by atoms with van der Waals surface area (Å²) in [5.74, 6) is -2.04. The van der Waals surface area contributed by atoms with Gasteiger partial charge in [-0.25, -0.2) is 4.79 Å². The number of carbonyl (C=O) groups is 2. The molecule has 0 fully saturated rings. The lowest BCUT2D eigenvalue weighted by Crippen LogP contribution is -2.22. The van der Waals surface area contributed by atoms with Crippen LogP contribution >= 0.6 is 0 Å². The maximum atomic E-state index is 11.8. The van der Waals surface area contributed by atoms with Crippen LogP contribution in [0.15, 0.2) is 41.0 Å². The number of hydrogen-bond acceptors (Lipinski definition) is 5. The molecule has 0 aliphatic carbocycles. The smallest absolute Gasteiger partial charge is 0.338 e. The van der Waals surface area contributed by atoms with Gasteiger partial charge in [-0.1, -0.05) is 18.2 Å². The van der Waals surface area contributed by atoms with Crippen molar-refractivity contribution >= 4 is 17.6 Å². The summed E-state index contributed by atoms with van der Waals surface area (Å²) in [6.45, 7) is -0.0703. The van der Waals surface area contributed by atoms with Crippen LogP contribution in [0, 0.1) is 10.1 Å². The zero-order valence-electron chi connectivity index (χ0n) is 10.6. The molecule has 21 heavy (non-hydrogen) atoms. The standard InChI is InChI=1S/C13H10N2O6/c16-12(11-5-9(7-21-11)13(17)18)14-6-8-3-1-2-4-10(8)15(19)20/h1-5,7H,6H2,(H,14,16)(H,17,18). The van der Waals surface area contributed by atoms with Crippen LogP contribution in [0.5, 0.6) is 0 Å². The van der Waals surface area contributed by atoms with E-state index in [1.165, 1.54) is 18.2 Å². The second-order valence-corrected chi connectivity index (χ2v) is 4.07. The predicted molar refractivity (Wildman–Crippen MR) is 69.9 cm³/mol. The summed E-state index contributed by atoms with van der Waals surface area (Å²) < 4.78 is 4.83. The molecule has 0 unspecified atom stereocenters. The highest BCUT2D eigenvalue weighted by Crippen LogP contribution is 2.17. The van der Waals surface area contributed by atoms with Crippen LogP contribution < -0.4 is 5.32 Å². The molecule has 2 aromatic rings. The van der Waals surface area contributed by atoms with E-state index in [-0.39, 0.29) is 23.6 Å². The normalized spacial score (nSPS) is 10.1. The Morgan fingerprint density at radius 1 is 1.33 bits per heavy atom. The fourth-order valence-corrected chi connectivity index (χ4v) is 1.67. The first-order chi connectivity index (χ1) is 9.99. The number of benzene rings is 1. The number of para-hydroxylation sites is 1. The van der Waals surface area contributed by atoms with Gasteiger partial charge in [0, 0.05) is 24.2 Å². The first-order valence-electron chi connectivity index (χ1n) is 5.81. The second kappa shape index (κ2) is 5.87. The third kappa shape index (κ3) is 3.24. The Balaban J connectivity index is 2.07. The van der Waals surface area contributed by atoms with E-state index < -0.39 is 16.8 Å². The van der Waals surface area contributed by atoms with Crippen molar-refractivity contribution in [2.45, 2.75) is 6.54 Å². The van der Waals surface area contributed by atoms with Gasteiger partial charge in [0.1, 0.15) is 6.26 Å². The minimum absolute atomic E-state index is 0.0703. The SMILES string of the molecule is O=C(O)c1coc(C(=O)NCc2ccccc2[N+](=O)[O-])c1. The molecule has 1 aromatic carbocycles. The molecule has 8 nitrogen and oxygen atoms in total. The molecule has 1 heterocycles. The minimum atomic E-state index is -1.21. The number of carbonyl (C=O) groups excluding carboxylic acids is 1. The van der Waals surface area contributed by atoms with Crippen molar-refractivity contribution in [2.24, 2.45) is 0 Å². The average Bonchev–Trinajstić information content (AvgIpc) is 2.95. The van der Waals surface area contributed by atoms with Crippen molar-refractivity contribution in [1.82, 2.24) is 5.32 Å². The predicted octanol–water partition coefficient (Wildman–Crippen LogP) is 1.82. The Morgan fingerprint density at radius 3 is 2.67 bits per heavy atom. The van der Waals surface area contributed by atoms with Gasteiger partial charge in [-0.3, -0.25) is 14.9 Å². The van der Waals surface area contributed by atoms with Gasteiger partial charge in [-0.2, -0.15) is 0 Å². The van der Waals surface area contributed by atoms with Gasteiger partial charge in [0.2, 0.25) is 0 Å². The fraction of sp³-hybridized carbons (Fsp3) is 0.0769. The lowest BCUT2D eigenvalue weighted by Gasteiger charge is -2.04. The molecule has 0 aliphatic rings. The van der Waals surface area contributed by atoms with Crippen LogP contribution in [0.3, 0.4) is 0 Å². The van der Waals surface area contributed by atoms with Crippen molar-refractivity contribution in [3.63, 3.8) is 0 Å². The van der Waals surface area contributed by atoms with Crippen LogP contribution in [0.2, 0.25) is 0 Å². The molecule has 0 spiro atoms. The fourth-order valence-electron chi connectivity index (χ4n) is 1.67. The van der Waals surface area contributed by atoms with Crippen LogP contribution in [-0.2, 0) is 6.54 Å². The summed E-state index contributed by atoms with van der Waals surface area (Å²) in [6, 6.07) is 7.07. The van der Waals surface area contributed by atoms with E-state index in [0.29, 0.717) is 5.56 Å². The number of nitro benzene ring substituents is 1. The summed E-state index contributed by atoms with van der Waals surface area (Å²) in [7, 11) is 0. The monoisotopic (exact) mass is 290 g/mol. The van der Waals surface area contributed by atoms with Crippen molar-refractivity contribution in [1.29, 1.82) is 0 Å². The zero-order chi connectivity index (χ0) is 15.4. The van der Waals surface area contributed by atoms with E-state index in [9.17, 15) is 19.7 Å². The summed E-state index contributed by atoms with van der Waals surface area (Å²) in [4.78, 5) is 32.7. The first kappa shape index (κ1) is 14.3. The lowest BCUT2D eigenvalue weighted by molar-refractivity contribution is -0.385. The Kier molecular flexibility index (Phi) is 3.98. The Bertz CT molecular complexity index is 706. The third-order valence-corrected chi connectivity index (χ3v) is 2.70. The highest BCUT2D eigenvalue weighted by Gasteiger charge is 2.17. The lowest BCUT2D eigenvalue weighted by atomic mass is 10.2. The molecule has 0 atom stereocenters. The van der Waals surface area contributed by atoms with Gasteiger partial charge in [-0.05, 0) is 0 Å². The highest BCUT2D eigenvalue weighted by molar-refractivity contribution is 5.95. The van der Waals surface area contributed by atoms with Gasteiger partial charge >= 0.3 is 5.97 Å². The molecule has 0 saturated heterocycles. The van der Waals surface area contributed by atoms with E-state index in [4.69, 9.17) is 9.52 Å². The first-order valence-corrected chi connectivity index (χ1v) is 5.81. The highest BCUT2D eigenvalue weighted by atomic mass is 16.6. The number of nitro groups is 1. The topological polar surface area (TPSA) is 123 Å². The third-order valence-electron chi connectivity index (χ3n) is 2.70. The number of hydrogen-bond donors (Lipinski definition) is 2.